The van der Waals surface area contributed by atoms with E-state index < -0.39 is 29.2 Å². The van der Waals surface area contributed by atoms with Gasteiger partial charge in [0.1, 0.15) is 17.3 Å². The van der Waals surface area contributed by atoms with Crippen molar-refractivity contribution in [3.63, 3.8) is 0 Å². The molecule has 0 saturated carbocycles. The van der Waals surface area contributed by atoms with E-state index in [2.05, 4.69) is 19.2 Å². The van der Waals surface area contributed by atoms with Crippen LogP contribution in [0.15, 0.2) is 103 Å². The Morgan fingerprint density at radius 1 is 0.860 bits per heavy atom. The zero-order valence-corrected chi connectivity index (χ0v) is 24.0. The van der Waals surface area contributed by atoms with Gasteiger partial charge in [0, 0.05) is 23.0 Å². The number of anilines is 1. The number of Topliss-reactive ketones (excluding diaryl/α,β-unsaturated/α-hetero) is 2. The Balaban J connectivity index is 1.48. The first-order chi connectivity index (χ1) is 20.8. The molecular weight excluding hydrogens is 539 g/mol. The maximum atomic E-state index is 14.9. The predicted molar refractivity (Wildman–Crippen MR) is 164 cm³/mol. The minimum atomic E-state index is -1.40. The van der Waals surface area contributed by atoms with Crippen LogP contribution >= 0.6 is 0 Å². The van der Waals surface area contributed by atoms with Gasteiger partial charge in [0.25, 0.3) is 0 Å². The minimum absolute atomic E-state index is 0.274. The average Bonchev–Trinajstić information content (AvgIpc) is 3.49. The third-order valence-corrected chi connectivity index (χ3v) is 9.13. The van der Waals surface area contributed by atoms with Gasteiger partial charge in [0.2, 0.25) is 5.91 Å². The number of carbonyl (C=O) groups excluding carboxylic acids is 3. The van der Waals surface area contributed by atoms with Crippen LogP contribution in [0.2, 0.25) is 0 Å². The molecule has 7 rings (SSSR count). The van der Waals surface area contributed by atoms with Crippen LogP contribution in [0, 0.1) is 17.7 Å². The number of benzene rings is 4. The lowest BCUT2D eigenvalue weighted by Gasteiger charge is -2.38. The lowest BCUT2D eigenvalue weighted by Crippen LogP contribution is -2.49. The Kier molecular flexibility index (Phi) is 6.38. The molecule has 0 bridgehead atoms. The number of nitrogens with zero attached hydrogens (tertiary/aromatic N) is 1. The van der Waals surface area contributed by atoms with Crippen molar-refractivity contribution in [1.29, 1.82) is 0 Å². The molecule has 0 aromatic heterocycles. The molecule has 1 N–H and O–H groups in total. The van der Waals surface area contributed by atoms with Gasteiger partial charge in [-0.05, 0) is 71.0 Å². The molecule has 3 heterocycles. The molecule has 0 aliphatic carbocycles. The van der Waals surface area contributed by atoms with E-state index in [-0.39, 0.29) is 23.0 Å². The highest BCUT2D eigenvalue weighted by atomic mass is 19.1. The molecule has 1 spiro atoms. The van der Waals surface area contributed by atoms with Gasteiger partial charge in [-0.15, -0.1) is 0 Å². The largest absolute Gasteiger partial charge is 0.358 e. The number of carbonyl (C=O) groups is 3. The highest BCUT2D eigenvalue weighted by Crippen LogP contribution is 2.62. The first kappa shape index (κ1) is 27.0. The highest BCUT2D eigenvalue weighted by Gasteiger charge is 2.70. The number of rotatable bonds is 6. The van der Waals surface area contributed by atoms with Gasteiger partial charge < -0.3 is 10.2 Å². The van der Waals surface area contributed by atoms with Crippen molar-refractivity contribution in [3.8, 4) is 0 Å². The Hall–Kier alpha value is -4.84. The summed E-state index contributed by atoms with van der Waals surface area (Å²) in [6, 6.07) is 26.6. The molecule has 5 nitrogen and oxygen atoms in total. The normalized spacial score (nSPS) is 23.2. The topological polar surface area (TPSA) is 66.5 Å². The number of fused-ring (bicyclic) bond motifs is 6. The van der Waals surface area contributed by atoms with E-state index in [1.54, 1.807) is 0 Å². The Morgan fingerprint density at radius 2 is 1.51 bits per heavy atom. The van der Waals surface area contributed by atoms with E-state index in [4.69, 9.17) is 0 Å². The van der Waals surface area contributed by atoms with Gasteiger partial charge in [-0.2, -0.15) is 0 Å². The zero-order valence-electron chi connectivity index (χ0n) is 24.0. The molecule has 3 aliphatic rings. The number of ketones is 2. The van der Waals surface area contributed by atoms with E-state index in [0.717, 1.165) is 23.1 Å². The number of nitrogens with one attached hydrogen (secondary N) is 1. The SMILES string of the molecule is CC(C)Cc1ccc(C(=O)[C@@H]2[C@H](C(=O)c3ccc(F)cc3)N3C=Cc4ccccc4[C@H]3[C@]23C(=O)Nc2ccccc23)cc1. The second-order valence-electron chi connectivity index (χ2n) is 12.1. The lowest BCUT2D eigenvalue weighted by molar-refractivity contribution is -0.122. The summed E-state index contributed by atoms with van der Waals surface area (Å²) in [5.74, 6) is -1.98. The van der Waals surface area contributed by atoms with Gasteiger partial charge in [-0.3, -0.25) is 14.4 Å². The van der Waals surface area contributed by atoms with Crippen LogP contribution in [0.3, 0.4) is 0 Å². The van der Waals surface area contributed by atoms with Crippen LogP contribution in [0.5, 0.6) is 0 Å². The molecule has 4 aromatic carbocycles. The summed E-state index contributed by atoms with van der Waals surface area (Å²) >= 11 is 0. The smallest absolute Gasteiger partial charge is 0.238 e. The van der Waals surface area contributed by atoms with Crippen LogP contribution in [0.25, 0.3) is 6.08 Å². The summed E-state index contributed by atoms with van der Waals surface area (Å²) in [7, 11) is 0. The fourth-order valence-electron chi connectivity index (χ4n) is 7.41. The first-order valence-electron chi connectivity index (χ1n) is 14.7. The van der Waals surface area contributed by atoms with Crippen molar-refractivity contribution in [1.82, 2.24) is 4.90 Å². The number of hydrogen-bond donors (Lipinski definition) is 1. The van der Waals surface area contributed by atoms with Gasteiger partial charge in [0.15, 0.2) is 11.6 Å². The van der Waals surface area contributed by atoms with Crippen LogP contribution in [-0.2, 0) is 16.6 Å². The first-order valence-corrected chi connectivity index (χ1v) is 14.7. The molecule has 1 fully saturated rings. The molecule has 4 atom stereocenters. The average molecular weight is 571 g/mol. The molecule has 3 aliphatic heterocycles. The van der Waals surface area contributed by atoms with E-state index in [1.165, 1.54) is 24.3 Å². The van der Waals surface area contributed by atoms with Crippen molar-refractivity contribution < 1.29 is 18.8 Å². The summed E-state index contributed by atoms with van der Waals surface area (Å²) in [6.07, 6.45) is 4.64. The molecule has 6 heteroatoms. The number of para-hydroxylation sites is 1. The van der Waals surface area contributed by atoms with Crippen LogP contribution in [-0.4, -0.2) is 28.4 Å². The van der Waals surface area contributed by atoms with Crippen LogP contribution in [0.4, 0.5) is 10.1 Å². The van der Waals surface area contributed by atoms with E-state index >= 15 is 0 Å². The molecule has 4 aromatic rings. The maximum absolute atomic E-state index is 14.9. The molecule has 43 heavy (non-hydrogen) atoms. The summed E-state index contributed by atoms with van der Waals surface area (Å²) < 4.78 is 13.9. The van der Waals surface area contributed by atoms with Crippen LogP contribution in [0.1, 0.15) is 62.9 Å². The Morgan fingerprint density at radius 3 is 2.26 bits per heavy atom. The second-order valence-corrected chi connectivity index (χ2v) is 12.1. The monoisotopic (exact) mass is 570 g/mol. The Bertz CT molecular complexity index is 1790. The second kappa shape index (κ2) is 10.2. The molecule has 214 valence electrons. The molecular formula is C37H31FN2O3. The van der Waals surface area contributed by atoms with Crippen molar-refractivity contribution in [3.05, 3.63) is 142 Å². The predicted octanol–water partition coefficient (Wildman–Crippen LogP) is 7.01. The highest BCUT2D eigenvalue weighted by molar-refractivity contribution is 6.16. The zero-order chi connectivity index (χ0) is 29.9. The summed E-state index contributed by atoms with van der Waals surface area (Å²) in [6.45, 7) is 4.29. The number of halogens is 1. The van der Waals surface area contributed by atoms with Crippen molar-refractivity contribution in [2.45, 2.75) is 37.8 Å². The Labute approximate surface area is 250 Å². The summed E-state index contributed by atoms with van der Waals surface area (Å²) in [5.41, 5.74) is 3.59. The minimum Gasteiger partial charge on any atom is -0.358 e. The van der Waals surface area contributed by atoms with Crippen LogP contribution < -0.4 is 5.32 Å². The third-order valence-electron chi connectivity index (χ3n) is 9.13. The van der Waals surface area contributed by atoms with Crippen molar-refractivity contribution >= 4 is 29.2 Å². The molecule has 1 saturated heterocycles. The molecule has 0 unspecified atom stereocenters. The van der Waals surface area contributed by atoms with E-state index in [9.17, 15) is 18.8 Å². The van der Waals surface area contributed by atoms with Crippen molar-refractivity contribution in [2.75, 3.05) is 5.32 Å². The number of hydrogen-bond acceptors (Lipinski definition) is 4. The number of amides is 1. The summed E-state index contributed by atoms with van der Waals surface area (Å²) in [4.78, 5) is 45.8. The van der Waals surface area contributed by atoms with Gasteiger partial charge in [-0.1, -0.05) is 80.6 Å². The van der Waals surface area contributed by atoms with Gasteiger partial charge >= 0.3 is 0 Å². The third kappa shape index (κ3) is 4.08. The van der Waals surface area contributed by atoms with E-state index in [0.29, 0.717) is 22.7 Å². The fraction of sp³-hybridized carbons (Fsp3) is 0.216. The lowest BCUT2D eigenvalue weighted by atomic mass is 9.62. The molecule has 0 radical (unpaired) electrons. The van der Waals surface area contributed by atoms with E-state index in [1.807, 2.05) is 90.0 Å². The quantitative estimate of drug-likeness (QED) is 0.254. The van der Waals surface area contributed by atoms with Gasteiger partial charge in [0.05, 0.1) is 12.0 Å². The fourth-order valence-corrected chi connectivity index (χ4v) is 7.41. The maximum Gasteiger partial charge on any atom is 0.238 e. The standard InChI is InChI=1S/C37H31FN2O3/c1-22(2)21-23-11-13-25(14-12-23)33(41)31-32(34(42)26-15-17-27(38)18-16-26)40-20-19-24-7-3-4-8-28(24)35(40)37(31)29-9-5-6-10-30(29)39-36(37)43/h3-20,22,31-32,35H,21H2,1-2H3,(H,39,43)/t31-,32+,35-,37+/m0/s1. The van der Waals surface area contributed by atoms with Gasteiger partial charge in [-0.25, -0.2) is 4.39 Å². The van der Waals surface area contributed by atoms with Crippen molar-refractivity contribution in [2.24, 2.45) is 11.8 Å². The molecule has 1 amide bonds. The summed E-state index contributed by atoms with van der Waals surface area (Å²) in [5, 5.41) is 3.06.